The first kappa shape index (κ1) is 16.3. The fourth-order valence-electron chi connectivity index (χ4n) is 2.55. The number of aryl methyl sites for hydroxylation is 1. The highest BCUT2D eigenvalue weighted by atomic mass is 35.5. The SMILES string of the molecule is Cc1c(C(=O)OC(C)C(=O)N2CCNC2=O)oc2ccc(Cl)cc12. The van der Waals surface area contributed by atoms with Crippen LogP contribution in [0.15, 0.2) is 22.6 Å². The van der Waals surface area contributed by atoms with E-state index in [1.54, 1.807) is 25.1 Å². The van der Waals surface area contributed by atoms with Crippen LogP contribution in [0.5, 0.6) is 0 Å². The van der Waals surface area contributed by atoms with E-state index in [-0.39, 0.29) is 12.3 Å². The number of nitrogens with zero attached hydrogens (tertiary/aromatic N) is 1. The largest absolute Gasteiger partial charge is 0.449 e. The summed E-state index contributed by atoms with van der Waals surface area (Å²) in [5.41, 5.74) is 1.08. The molecule has 1 unspecified atom stereocenters. The number of urea groups is 1. The lowest BCUT2D eigenvalue weighted by molar-refractivity contribution is -0.136. The van der Waals surface area contributed by atoms with Crippen molar-refractivity contribution in [2.75, 3.05) is 13.1 Å². The van der Waals surface area contributed by atoms with Crippen LogP contribution in [-0.4, -0.2) is 42.0 Å². The predicted octanol–water partition coefficient (Wildman–Crippen LogP) is 2.49. The number of carbonyl (C=O) groups excluding carboxylic acids is 3. The molecule has 24 heavy (non-hydrogen) atoms. The van der Waals surface area contributed by atoms with Crippen LogP contribution in [0.3, 0.4) is 0 Å². The van der Waals surface area contributed by atoms with Gasteiger partial charge in [-0.1, -0.05) is 11.6 Å². The van der Waals surface area contributed by atoms with Gasteiger partial charge >= 0.3 is 12.0 Å². The number of rotatable bonds is 3. The van der Waals surface area contributed by atoms with Gasteiger partial charge in [-0.2, -0.15) is 0 Å². The second-order valence-corrected chi connectivity index (χ2v) is 5.90. The standard InChI is InChI=1S/C16H15ClN2O5/c1-8-11-7-10(17)3-4-12(11)24-13(8)15(21)23-9(2)14(20)19-6-5-18-16(19)22/h3-4,7,9H,5-6H2,1-2H3,(H,18,22). The molecule has 1 aromatic carbocycles. The summed E-state index contributed by atoms with van der Waals surface area (Å²) in [4.78, 5) is 37.0. The highest BCUT2D eigenvalue weighted by molar-refractivity contribution is 6.31. The van der Waals surface area contributed by atoms with E-state index in [2.05, 4.69) is 5.32 Å². The minimum Gasteiger partial charge on any atom is -0.449 e. The Bertz CT molecular complexity index is 844. The predicted molar refractivity (Wildman–Crippen MR) is 86.0 cm³/mol. The van der Waals surface area contributed by atoms with Gasteiger partial charge in [0.25, 0.3) is 5.91 Å². The van der Waals surface area contributed by atoms with Gasteiger partial charge in [-0.05, 0) is 32.0 Å². The topological polar surface area (TPSA) is 88.9 Å². The molecule has 1 aliphatic rings. The molecule has 7 nitrogen and oxygen atoms in total. The van der Waals surface area contributed by atoms with Crippen LogP contribution in [0.4, 0.5) is 4.79 Å². The van der Waals surface area contributed by atoms with Crippen molar-refractivity contribution >= 4 is 40.5 Å². The summed E-state index contributed by atoms with van der Waals surface area (Å²) in [6.07, 6.45) is -1.10. The Labute approximate surface area is 142 Å². The number of carbonyl (C=O) groups is 3. The summed E-state index contributed by atoms with van der Waals surface area (Å²) < 4.78 is 10.7. The third-order valence-corrected chi connectivity index (χ3v) is 4.07. The van der Waals surface area contributed by atoms with E-state index in [4.69, 9.17) is 20.8 Å². The van der Waals surface area contributed by atoms with Crippen LogP contribution >= 0.6 is 11.6 Å². The van der Waals surface area contributed by atoms with Crippen molar-refractivity contribution in [2.45, 2.75) is 20.0 Å². The van der Waals surface area contributed by atoms with Crippen molar-refractivity contribution in [3.63, 3.8) is 0 Å². The molecule has 8 heteroatoms. The van der Waals surface area contributed by atoms with E-state index in [0.717, 1.165) is 4.90 Å². The molecule has 1 aromatic heterocycles. The molecule has 1 atom stereocenters. The molecule has 0 spiro atoms. The molecular formula is C16H15ClN2O5. The van der Waals surface area contributed by atoms with Crippen molar-refractivity contribution < 1.29 is 23.5 Å². The monoisotopic (exact) mass is 350 g/mol. The van der Waals surface area contributed by atoms with Crippen molar-refractivity contribution in [3.8, 4) is 0 Å². The van der Waals surface area contributed by atoms with Gasteiger partial charge in [0.1, 0.15) is 5.58 Å². The Morgan fingerprint density at radius 2 is 2.17 bits per heavy atom. The van der Waals surface area contributed by atoms with Crippen LogP contribution < -0.4 is 5.32 Å². The summed E-state index contributed by atoms with van der Waals surface area (Å²) in [7, 11) is 0. The zero-order valence-corrected chi connectivity index (χ0v) is 13.8. The number of amides is 3. The van der Waals surface area contributed by atoms with Gasteiger partial charge < -0.3 is 14.5 Å². The van der Waals surface area contributed by atoms with Gasteiger partial charge in [-0.25, -0.2) is 9.59 Å². The first-order valence-electron chi connectivity index (χ1n) is 7.37. The summed E-state index contributed by atoms with van der Waals surface area (Å²) >= 11 is 5.95. The number of benzene rings is 1. The van der Waals surface area contributed by atoms with Crippen molar-refractivity contribution in [1.82, 2.24) is 10.2 Å². The molecule has 0 bridgehead atoms. The fraction of sp³-hybridized carbons (Fsp3) is 0.312. The van der Waals surface area contributed by atoms with E-state index in [0.29, 0.717) is 28.1 Å². The molecule has 3 rings (SSSR count). The summed E-state index contributed by atoms with van der Waals surface area (Å²) in [6.45, 7) is 3.76. The Morgan fingerprint density at radius 3 is 2.83 bits per heavy atom. The quantitative estimate of drug-likeness (QED) is 0.859. The summed E-state index contributed by atoms with van der Waals surface area (Å²) in [6, 6.07) is 4.51. The molecular weight excluding hydrogens is 336 g/mol. The van der Waals surface area contributed by atoms with Crippen LogP contribution in [0.25, 0.3) is 11.0 Å². The number of ether oxygens (including phenoxy) is 1. The smallest absolute Gasteiger partial charge is 0.375 e. The molecule has 0 aliphatic carbocycles. The van der Waals surface area contributed by atoms with E-state index in [1.807, 2.05) is 0 Å². The molecule has 1 aliphatic heterocycles. The maximum atomic E-state index is 12.3. The minimum atomic E-state index is -1.10. The molecule has 1 saturated heterocycles. The Balaban J connectivity index is 1.78. The first-order valence-corrected chi connectivity index (χ1v) is 7.75. The van der Waals surface area contributed by atoms with Crippen molar-refractivity contribution in [3.05, 3.63) is 34.5 Å². The highest BCUT2D eigenvalue weighted by Gasteiger charge is 2.32. The summed E-state index contributed by atoms with van der Waals surface area (Å²) in [5, 5.41) is 3.74. The fourth-order valence-corrected chi connectivity index (χ4v) is 2.73. The van der Waals surface area contributed by atoms with E-state index < -0.39 is 24.0 Å². The first-order chi connectivity index (χ1) is 11.4. The summed E-state index contributed by atoms with van der Waals surface area (Å²) in [5.74, 6) is -1.33. The zero-order valence-electron chi connectivity index (χ0n) is 13.1. The number of furan rings is 1. The van der Waals surface area contributed by atoms with E-state index in [9.17, 15) is 14.4 Å². The number of hydrogen-bond donors (Lipinski definition) is 1. The highest BCUT2D eigenvalue weighted by Crippen LogP contribution is 2.28. The minimum absolute atomic E-state index is 0.0118. The van der Waals surface area contributed by atoms with Crippen LogP contribution in [0.2, 0.25) is 5.02 Å². The number of nitrogens with one attached hydrogen (secondary N) is 1. The van der Waals surface area contributed by atoms with E-state index >= 15 is 0 Å². The molecule has 0 saturated carbocycles. The lowest BCUT2D eigenvalue weighted by Gasteiger charge is -2.17. The molecule has 2 aromatic rings. The Kier molecular flexibility index (Phi) is 4.19. The van der Waals surface area contributed by atoms with Gasteiger partial charge in [0.2, 0.25) is 5.76 Å². The number of esters is 1. The van der Waals surface area contributed by atoms with Gasteiger partial charge in [-0.3, -0.25) is 9.69 Å². The molecule has 2 heterocycles. The third-order valence-electron chi connectivity index (χ3n) is 3.84. The average Bonchev–Trinajstić information content (AvgIpc) is 3.10. The molecule has 3 amide bonds. The van der Waals surface area contributed by atoms with Crippen molar-refractivity contribution in [1.29, 1.82) is 0 Å². The molecule has 0 radical (unpaired) electrons. The lowest BCUT2D eigenvalue weighted by Crippen LogP contribution is -2.41. The van der Waals surface area contributed by atoms with Crippen LogP contribution in [0, 0.1) is 6.92 Å². The molecule has 1 fully saturated rings. The van der Waals surface area contributed by atoms with Crippen LogP contribution in [0.1, 0.15) is 23.0 Å². The van der Waals surface area contributed by atoms with Gasteiger partial charge in [-0.15, -0.1) is 0 Å². The Morgan fingerprint density at radius 1 is 1.42 bits per heavy atom. The Hall–Kier alpha value is -2.54. The third kappa shape index (κ3) is 2.82. The normalized spacial score (nSPS) is 15.5. The second-order valence-electron chi connectivity index (χ2n) is 5.47. The average molecular weight is 351 g/mol. The van der Waals surface area contributed by atoms with Gasteiger partial charge in [0, 0.05) is 29.1 Å². The van der Waals surface area contributed by atoms with E-state index in [1.165, 1.54) is 6.92 Å². The maximum absolute atomic E-state index is 12.3. The lowest BCUT2D eigenvalue weighted by atomic mass is 10.1. The van der Waals surface area contributed by atoms with Gasteiger partial charge in [0.15, 0.2) is 6.10 Å². The zero-order chi connectivity index (χ0) is 17.4. The second kappa shape index (κ2) is 6.16. The number of fused-ring (bicyclic) bond motifs is 1. The number of halogens is 1. The number of hydrogen-bond acceptors (Lipinski definition) is 5. The van der Waals surface area contributed by atoms with Gasteiger partial charge in [0.05, 0.1) is 0 Å². The maximum Gasteiger partial charge on any atom is 0.375 e. The molecule has 1 N–H and O–H groups in total. The van der Waals surface area contributed by atoms with Crippen LogP contribution in [-0.2, 0) is 9.53 Å². The van der Waals surface area contributed by atoms with Crippen molar-refractivity contribution in [2.24, 2.45) is 0 Å². The molecule has 126 valence electrons. The number of imide groups is 1.